The number of hydrogen-bond donors (Lipinski definition) is 0. The van der Waals surface area contributed by atoms with Gasteiger partial charge in [0, 0.05) is 12.2 Å². The van der Waals surface area contributed by atoms with Gasteiger partial charge in [0.25, 0.3) is 0 Å². The highest BCUT2D eigenvalue weighted by Gasteiger charge is 2.14. The van der Waals surface area contributed by atoms with Gasteiger partial charge in [0.15, 0.2) is 5.78 Å². The van der Waals surface area contributed by atoms with E-state index in [1.165, 1.54) is 0 Å². The molecule has 5 heteroatoms. The molecule has 0 atom stereocenters. The predicted octanol–water partition coefficient (Wildman–Crippen LogP) is 2.29. The van der Waals surface area contributed by atoms with Crippen LogP contribution in [0, 0.1) is 13.8 Å². The molecule has 1 rings (SSSR count). The number of rotatable bonds is 6. The lowest BCUT2D eigenvalue weighted by molar-refractivity contribution is 0.0980. The first kappa shape index (κ1) is 14.0. The summed E-state index contributed by atoms with van der Waals surface area (Å²) in [6.45, 7) is 5.13. The van der Waals surface area contributed by atoms with E-state index in [2.05, 4.69) is 0 Å². The van der Waals surface area contributed by atoms with Crippen LogP contribution >= 0.6 is 0 Å². The molecule has 4 nitrogen and oxygen atoms in total. The first-order chi connectivity index (χ1) is 7.85. The zero-order chi connectivity index (χ0) is 13.1. The molecule has 0 saturated carbocycles. The van der Waals surface area contributed by atoms with E-state index in [9.17, 15) is 13.2 Å². The van der Waals surface area contributed by atoms with Gasteiger partial charge in [-0.3, -0.25) is 4.79 Å². The van der Waals surface area contributed by atoms with E-state index in [-0.39, 0.29) is 23.7 Å². The summed E-state index contributed by atoms with van der Waals surface area (Å²) in [7, 11) is -2.98. The lowest BCUT2D eigenvalue weighted by atomic mass is 10.1. The first-order valence-corrected chi connectivity index (χ1v) is 7.48. The Morgan fingerprint density at radius 3 is 2.47 bits per heavy atom. The quantitative estimate of drug-likeness (QED) is 0.734. The molecule has 0 unspecified atom stereocenters. The van der Waals surface area contributed by atoms with Crippen LogP contribution in [0.5, 0.6) is 0 Å². The van der Waals surface area contributed by atoms with Gasteiger partial charge in [-0.1, -0.05) is 6.92 Å². The molecular formula is C12H18O4S. The van der Waals surface area contributed by atoms with Gasteiger partial charge in [-0.15, -0.1) is 0 Å². The largest absolute Gasteiger partial charge is 0.466 e. The highest BCUT2D eigenvalue weighted by Crippen LogP contribution is 2.16. The van der Waals surface area contributed by atoms with E-state index in [4.69, 9.17) is 4.42 Å². The summed E-state index contributed by atoms with van der Waals surface area (Å²) in [5.74, 6) is 1.46. The normalized spacial score (nSPS) is 11.7. The standard InChI is InChI=1S/C12H18O4S/c1-4-17(14,15)7-5-6-12(13)11-8-9(2)16-10(11)3/h8H,4-7H2,1-3H3. The number of ketones is 1. The third-order valence-corrected chi connectivity index (χ3v) is 4.43. The van der Waals surface area contributed by atoms with Crippen molar-refractivity contribution in [3.63, 3.8) is 0 Å². The molecule has 96 valence electrons. The van der Waals surface area contributed by atoms with Gasteiger partial charge in [-0.25, -0.2) is 8.42 Å². The number of carbonyl (C=O) groups is 1. The molecule has 0 aliphatic heterocycles. The van der Waals surface area contributed by atoms with Crippen molar-refractivity contribution in [3.8, 4) is 0 Å². The Hall–Kier alpha value is -1.10. The minimum Gasteiger partial charge on any atom is -0.466 e. The molecule has 0 radical (unpaired) electrons. The third kappa shape index (κ3) is 4.00. The maximum absolute atomic E-state index is 11.8. The summed E-state index contributed by atoms with van der Waals surface area (Å²) >= 11 is 0. The second-order valence-corrected chi connectivity index (χ2v) is 6.56. The van der Waals surface area contributed by atoms with Crippen LogP contribution < -0.4 is 0 Å². The van der Waals surface area contributed by atoms with E-state index < -0.39 is 9.84 Å². The molecule has 1 heterocycles. The van der Waals surface area contributed by atoms with Crippen LogP contribution in [0.25, 0.3) is 0 Å². The highest BCUT2D eigenvalue weighted by molar-refractivity contribution is 7.91. The maximum Gasteiger partial charge on any atom is 0.166 e. The van der Waals surface area contributed by atoms with Crippen molar-refractivity contribution >= 4 is 15.6 Å². The van der Waals surface area contributed by atoms with Crippen molar-refractivity contribution in [1.82, 2.24) is 0 Å². The summed E-state index contributed by atoms with van der Waals surface area (Å²) in [6, 6.07) is 1.70. The van der Waals surface area contributed by atoms with Crippen LogP contribution in [0.15, 0.2) is 10.5 Å². The van der Waals surface area contributed by atoms with E-state index in [0.29, 0.717) is 23.5 Å². The number of hydrogen-bond acceptors (Lipinski definition) is 4. The Bertz CT molecular complexity index is 497. The molecule has 0 saturated heterocycles. The maximum atomic E-state index is 11.8. The molecule has 0 aliphatic rings. The molecule has 17 heavy (non-hydrogen) atoms. The predicted molar refractivity (Wildman–Crippen MR) is 66.1 cm³/mol. The minimum atomic E-state index is -2.98. The Balaban J connectivity index is 2.54. The number of furan rings is 1. The molecule has 0 aliphatic carbocycles. The van der Waals surface area contributed by atoms with Crippen LogP contribution in [0.1, 0.15) is 41.6 Å². The van der Waals surface area contributed by atoms with Crippen LogP contribution in [-0.2, 0) is 9.84 Å². The van der Waals surface area contributed by atoms with Crippen LogP contribution in [-0.4, -0.2) is 25.7 Å². The molecule has 0 bridgehead atoms. The molecule has 0 N–H and O–H groups in total. The SMILES string of the molecule is CCS(=O)(=O)CCCC(=O)c1cc(C)oc1C. The minimum absolute atomic E-state index is 0.0503. The zero-order valence-electron chi connectivity index (χ0n) is 10.4. The van der Waals surface area contributed by atoms with E-state index in [1.807, 2.05) is 0 Å². The molecule has 1 aromatic rings. The number of sulfone groups is 1. The van der Waals surface area contributed by atoms with Crippen molar-refractivity contribution in [3.05, 3.63) is 23.2 Å². The fraction of sp³-hybridized carbons (Fsp3) is 0.583. The molecule has 0 fully saturated rings. The Morgan fingerprint density at radius 1 is 1.35 bits per heavy atom. The van der Waals surface area contributed by atoms with Gasteiger partial charge in [0.1, 0.15) is 21.4 Å². The first-order valence-electron chi connectivity index (χ1n) is 5.66. The van der Waals surface area contributed by atoms with Crippen LogP contribution in [0.4, 0.5) is 0 Å². The fourth-order valence-electron chi connectivity index (χ4n) is 1.64. The van der Waals surface area contributed by atoms with Gasteiger partial charge >= 0.3 is 0 Å². The highest BCUT2D eigenvalue weighted by atomic mass is 32.2. The Morgan fingerprint density at radius 2 is 2.00 bits per heavy atom. The average molecular weight is 258 g/mol. The van der Waals surface area contributed by atoms with E-state index >= 15 is 0 Å². The summed E-state index contributed by atoms with van der Waals surface area (Å²) in [6.07, 6.45) is 0.623. The summed E-state index contributed by atoms with van der Waals surface area (Å²) < 4.78 is 27.8. The van der Waals surface area contributed by atoms with E-state index in [1.54, 1.807) is 26.8 Å². The summed E-state index contributed by atoms with van der Waals surface area (Å²) in [5.41, 5.74) is 0.566. The van der Waals surface area contributed by atoms with Crippen LogP contribution in [0.3, 0.4) is 0 Å². The Kier molecular flexibility index (Phi) is 4.51. The summed E-state index contributed by atoms with van der Waals surface area (Å²) in [5, 5.41) is 0. The molecule has 0 aromatic carbocycles. The van der Waals surface area contributed by atoms with Crippen molar-refractivity contribution in [2.75, 3.05) is 11.5 Å². The van der Waals surface area contributed by atoms with Crippen molar-refractivity contribution in [2.24, 2.45) is 0 Å². The van der Waals surface area contributed by atoms with Crippen molar-refractivity contribution in [1.29, 1.82) is 0 Å². The van der Waals surface area contributed by atoms with Gasteiger partial charge in [-0.05, 0) is 26.3 Å². The third-order valence-electron chi connectivity index (χ3n) is 2.64. The number of Topliss-reactive ketones (excluding diaryl/α,β-unsaturated/α-hetero) is 1. The lowest BCUT2D eigenvalue weighted by Gasteiger charge is -2.00. The van der Waals surface area contributed by atoms with E-state index in [0.717, 1.165) is 0 Å². The van der Waals surface area contributed by atoms with Crippen molar-refractivity contribution < 1.29 is 17.6 Å². The van der Waals surface area contributed by atoms with Gasteiger partial charge < -0.3 is 4.42 Å². The monoisotopic (exact) mass is 258 g/mol. The van der Waals surface area contributed by atoms with Gasteiger partial charge in [0.2, 0.25) is 0 Å². The molecular weight excluding hydrogens is 240 g/mol. The number of aryl methyl sites for hydroxylation is 2. The lowest BCUT2D eigenvalue weighted by Crippen LogP contribution is -2.10. The van der Waals surface area contributed by atoms with Crippen LogP contribution in [0.2, 0.25) is 0 Å². The molecule has 0 amide bonds. The van der Waals surface area contributed by atoms with Gasteiger partial charge in [-0.2, -0.15) is 0 Å². The number of carbonyl (C=O) groups excluding carboxylic acids is 1. The second kappa shape index (κ2) is 5.49. The Labute approximate surface area is 102 Å². The average Bonchev–Trinajstić information content (AvgIpc) is 2.57. The summed E-state index contributed by atoms with van der Waals surface area (Å²) in [4.78, 5) is 11.8. The second-order valence-electron chi connectivity index (χ2n) is 4.09. The smallest absolute Gasteiger partial charge is 0.166 e. The fourth-order valence-corrected chi connectivity index (χ4v) is 2.51. The zero-order valence-corrected chi connectivity index (χ0v) is 11.3. The molecule has 0 spiro atoms. The van der Waals surface area contributed by atoms with Gasteiger partial charge in [0.05, 0.1) is 11.3 Å². The molecule has 1 aromatic heterocycles. The topological polar surface area (TPSA) is 64.3 Å². The van der Waals surface area contributed by atoms with Crippen molar-refractivity contribution in [2.45, 2.75) is 33.6 Å².